The minimum Gasteiger partial charge on any atom is -0.376 e. The second-order valence-electron chi connectivity index (χ2n) is 7.10. The molecule has 3 rings (SSSR count). The van der Waals surface area contributed by atoms with Gasteiger partial charge in [-0.05, 0) is 67.7 Å². The van der Waals surface area contributed by atoms with Crippen molar-refractivity contribution in [3.05, 3.63) is 65.5 Å². The number of carbonyl (C=O) groups is 1. The van der Waals surface area contributed by atoms with Crippen LogP contribution in [-0.2, 0) is 16.1 Å². The Kier molecular flexibility index (Phi) is 7.12. The summed E-state index contributed by atoms with van der Waals surface area (Å²) in [5, 5.41) is 11.5. The highest BCUT2D eigenvalue weighted by Gasteiger charge is 2.21. The van der Waals surface area contributed by atoms with Gasteiger partial charge in [0.1, 0.15) is 5.82 Å². The first-order valence-corrected chi connectivity index (χ1v) is 9.47. The van der Waals surface area contributed by atoms with E-state index in [-0.39, 0.29) is 11.7 Å². The highest BCUT2D eigenvalue weighted by molar-refractivity contribution is 5.92. The van der Waals surface area contributed by atoms with E-state index in [0.717, 1.165) is 31.5 Å². The molecule has 2 aromatic rings. The number of hydrogen-bond acceptors (Lipinski definition) is 4. The van der Waals surface area contributed by atoms with Crippen molar-refractivity contribution in [1.82, 2.24) is 4.90 Å². The standard InChI is InChI=1S/C22H24FN3O2/c23-20-2-1-3-21(12-20)25-22(27)14-26-10-8-19(9-11-26)16-28-15-18-6-4-17(13-24)5-7-18/h1-7,12,19H,8-11,14-16H2,(H,25,27). The zero-order valence-electron chi connectivity index (χ0n) is 15.7. The molecular formula is C22H24FN3O2. The molecule has 0 bridgehead atoms. The maximum absolute atomic E-state index is 13.2. The molecule has 6 heteroatoms. The molecule has 2 aromatic carbocycles. The van der Waals surface area contributed by atoms with Crippen LogP contribution in [0.4, 0.5) is 10.1 Å². The SMILES string of the molecule is N#Cc1ccc(COCC2CCN(CC(=O)Nc3cccc(F)c3)CC2)cc1. The molecule has 0 aromatic heterocycles. The fourth-order valence-electron chi connectivity index (χ4n) is 3.30. The topological polar surface area (TPSA) is 65.4 Å². The van der Waals surface area contributed by atoms with Crippen molar-refractivity contribution < 1.29 is 13.9 Å². The lowest BCUT2D eigenvalue weighted by molar-refractivity contribution is -0.117. The average Bonchev–Trinajstić information content (AvgIpc) is 2.70. The highest BCUT2D eigenvalue weighted by atomic mass is 19.1. The summed E-state index contributed by atoms with van der Waals surface area (Å²) in [5.74, 6) is 0.00153. The van der Waals surface area contributed by atoms with Gasteiger partial charge in [-0.3, -0.25) is 9.69 Å². The van der Waals surface area contributed by atoms with E-state index in [9.17, 15) is 9.18 Å². The second-order valence-corrected chi connectivity index (χ2v) is 7.10. The Bertz CT molecular complexity index is 824. The third-order valence-electron chi connectivity index (χ3n) is 4.89. The molecule has 5 nitrogen and oxygen atoms in total. The smallest absolute Gasteiger partial charge is 0.238 e. The predicted molar refractivity (Wildman–Crippen MR) is 105 cm³/mol. The van der Waals surface area contributed by atoms with E-state index in [0.29, 0.717) is 36.9 Å². The summed E-state index contributed by atoms with van der Waals surface area (Å²) in [6, 6.07) is 15.5. The quantitative estimate of drug-likeness (QED) is 0.796. The summed E-state index contributed by atoms with van der Waals surface area (Å²) in [4.78, 5) is 14.2. The summed E-state index contributed by atoms with van der Waals surface area (Å²) in [7, 11) is 0. The van der Waals surface area contributed by atoms with Gasteiger partial charge in [0.25, 0.3) is 0 Å². The van der Waals surface area contributed by atoms with E-state index in [1.807, 2.05) is 12.1 Å². The molecular weight excluding hydrogens is 357 g/mol. The summed E-state index contributed by atoms with van der Waals surface area (Å²) in [5.41, 5.74) is 2.19. The number of nitrogens with zero attached hydrogens (tertiary/aromatic N) is 2. The van der Waals surface area contributed by atoms with Crippen LogP contribution in [0.25, 0.3) is 0 Å². The van der Waals surface area contributed by atoms with Gasteiger partial charge < -0.3 is 10.1 Å². The molecule has 0 saturated carbocycles. The lowest BCUT2D eigenvalue weighted by Crippen LogP contribution is -2.40. The highest BCUT2D eigenvalue weighted by Crippen LogP contribution is 2.18. The van der Waals surface area contributed by atoms with Gasteiger partial charge in [-0.15, -0.1) is 0 Å². The number of piperidine rings is 1. The van der Waals surface area contributed by atoms with Crippen LogP contribution in [0, 0.1) is 23.1 Å². The van der Waals surface area contributed by atoms with Crippen LogP contribution in [0.3, 0.4) is 0 Å². The molecule has 0 radical (unpaired) electrons. The second kappa shape index (κ2) is 9.98. The number of ether oxygens (including phenoxy) is 1. The molecule has 1 saturated heterocycles. The van der Waals surface area contributed by atoms with E-state index >= 15 is 0 Å². The molecule has 1 heterocycles. The van der Waals surface area contributed by atoms with Crippen molar-refractivity contribution >= 4 is 11.6 Å². The normalized spacial score (nSPS) is 15.1. The van der Waals surface area contributed by atoms with Gasteiger partial charge in [0.2, 0.25) is 5.91 Å². The molecule has 1 N–H and O–H groups in total. The number of rotatable bonds is 7. The zero-order valence-corrected chi connectivity index (χ0v) is 15.7. The van der Waals surface area contributed by atoms with E-state index < -0.39 is 0 Å². The number of hydrogen-bond donors (Lipinski definition) is 1. The summed E-state index contributed by atoms with van der Waals surface area (Å²) in [6.07, 6.45) is 1.97. The Morgan fingerprint density at radius 1 is 1.21 bits per heavy atom. The molecule has 1 aliphatic rings. The Hall–Kier alpha value is -2.75. The molecule has 28 heavy (non-hydrogen) atoms. The summed E-state index contributed by atoms with van der Waals surface area (Å²) < 4.78 is 19.0. The van der Waals surface area contributed by atoms with Gasteiger partial charge in [-0.25, -0.2) is 4.39 Å². The van der Waals surface area contributed by atoms with E-state index in [4.69, 9.17) is 10.00 Å². The van der Waals surface area contributed by atoms with Crippen LogP contribution >= 0.6 is 0 Å². The number of nitriles is 1. The summed E-state index contributed by atoms with van der Waals surface area (Å²) >= 11 is 0. The molecule has 1 amide bonds. The minimum atomic E-state index is -0.361. The lowest BCUT2D eigenvalue weighted by atomic mass is 9.98. The molecule has 1 fully saturated rings. The summed E-state index contributed by atoms with van der Waals surface area (Å²) in [6.45, 7) is 3.25. The lowest BCUT2D eigenvalue weighted by Gasteiger charge is -2.31. The maximum Gasteiger partial charge on any atom is 0.238 e. The van der Waals surface area contributed by atoms with Gasteiger partial charge in [-0.1, -0.05) is 18.2 Å². The molecule has 0 aliphatic carbocycles. The number of carbonyl (C=O) groups excluding carboxylic acids is 1. The van der Waals surface area contributed by atoms with Crippen molar-refractivity contribution in [2.75, 3.05) is 31.6 Å². The first kappa shape index (κ1) is 20.0. The van der Waals surface area contributed by atoms with Gasteiger partial charge in [-0.2, -0.15) is 5.26 Å². The number of amides is 1. The Labute approximate surface area is 164 Å². The molecule has 0 atom stereocenters. The van der Waals surface area contributed by atoms with Crippen LogP contribution in [-0.4, -0.2) is 37.0 Å². The largest absolute Gasteiger partial charge is 0.376 e. The number of likely N-dealkylation sites (tertiary alicyclic amines) is 1. The third-order valence-corrected chi connectivity index (χ3v) is 4.89. The molecule has 146 valence electrons. The predicted octanol–water partition coefficient (Wildman–Crippen LogP) is 3.56. The van der Waals surface area contributed by atoms with Gasteiger partial charge >= 0.3 is 0 Å². The maximum atomic E-state index is 13.2. The van der Waals surface area contributed by atoms with Crippen LogP contribution in [0.2, 0.25) is 0 Å². The van der Waals surface area contributed by atoms with E-state index in [1.165, 1.54) is 12.1 Å². The van der Waals surface area contributed by atoms with Crippen LogP contribution in [0.1, 0.15) is 24.0 Å². The Morgan fingerprint density at radius 3 is 2.64 bits per heavy atom. The molecule has 0 unspecified atom stereocenters. The van der Waals surface area contributed by atoms with Gasteiger partial charge in [0.05, 0.1) is 24.8 Å². The van der Waals surface area contributed by atoms with Crippen molar-refractivity contribution in [3.8, 4) is 6.07 Å². The number of nitrogens with one attached hydrogen (secondary N) is 1. The fourth-order valence-corrected chi connectivity index (χ4v) is 3.30. The van der Waals surface area contributed by atoms with Crippen molar-refractivity contribution in [2.45, 2.75) is 19.4 Å². The van der Waals surface area contributed by atoms with E-state index in [1.54, 1.807) is 24.3 Å². The first-order chi connectivity index (χ1) is 13.6. The minimum absolute atomic E-state index is 0.124. The number of anilines is 1. The monoisotopic (exact) mass is 381 g/mol. The van der Waals surface area contributed by atoms with Crippen LogP contribution < -0.4 is 5.32 Å². The third kappa shape index (κ3) is 6.15. The van der Waals surface area contributed by atoms with Gasteiger partial charge in [0.15, 0.2) is 0 Å². The van der Waals surface area contributed by atoms with Gasteiger partial charge in [0, 0.05) is 12.3 Å². The zero-order chi connectivity index (χ0) is 19.8. The van der Waals surface area contributed by atoms with Crippen molar-refractivity contribution in [3.63, 3.8) is 0 Å². The Morgan fingerprint density at radius 2 is 1.96 bits per heavy atom. The fraction of sp³-hybridized carbons (Fsp3) is 0.364. The average molecular weight is 381 g/mol. The number of halogens is 1. The van der Waals surface area contributed by atoms with Crippen LogP contribution in [0.5, 0.6) is 0 Å². The van der Waals surface area contributed by atoms with Crippen LogP contribution in [0.15, 0.2) is 48.5 Å². The molecule has 1 aliphatic heterocycles. The number of benzene rings is 2. The Balaban J connectivity index is 1.33. The van der Waals surface area contributed by atoms with E-state index in [2.05, 4.69) is 16.3 Å². The molecule has 0 spiro atoms. The van der Waals surface area contributed by atoms with Crippen molar-refractivity contribution in [1.29, 1.82) is 5.26 Å². The first-order valence-electron chi connectivity index (χ1n) is 9.47. The van der Waals surface area contributed by atoms with Crippen molar-refractivity contribution in [2.24, 2.45) is 5.92 Å².